The van der Waals surface area contributed by atoms with Crippen LogP contribution in [0.5, 0.6) is 0 Å². The van der Waals surface area contributed by atoms with Crippen LogP contribution in [0, 0.1) is 6.92 Å². The third kappa shape index (κ3) is 1.33. The van der Waals surface area contributed by atoms with Gasteiger partial charge in [-0.2, -0.15) is 0 Å². The molecule has 1 aromatic carbocycles. The highest BCUT2D eigenvalue weighted by Gasteiger charge is 2.31. The van der Waals surface area contributed by atoms with Crippen molar-refractivity contribution < 1.29 is 0 Å². The van der Waals surface area contributed by atoms with Crippen LogP contribution < -0.4 is 5.73 Å². The van der Waals surface area contributed by atoms with Gasteiger partial charge in [-0.1, -0.05) is 12.1 Å². The molecule has 0 heterocycles. The Morgan fingerprint density at radius 2 is 2.07 bits per heavy atom. The fraction of sp³-hybridized carbons (Fsp3) is 0.571. The maximum absolute atomic E-state index is 6.26. The Hall–Kier alpha value is -0.820. The molecule has 2 atom stereocenters. The Morgan fingerprint density at radius 3 is 2.93 bits per heavy atom. The van der Waals surface area contributed by atoms with Crippen LogP contribution in [-0.2, 0) is 12.8 Å². The van der Waals surface area contributed by atoms with Gasteiger partial charge in [-0.3, -0.25) is 0 Å². The number of hydrogen-bond acceptors (Lipinski definition) is 1. The fourth-order valence-electron chi connectivity index (χ4n) is 3.43. The van der Waals surface area contributed by atoms with Crippen LogP contribution in [0.3, 0.4) is 0 Å². The van der Waals surface area contributed by atoms with Gasteiger partial charge in [0.25, 0.3) is 0 Å². The van der Waals surface area contributed by atoms with Gasteiger partial charge in [-0.15, -0.1) is 0 Å². The van der Waals surface area contributed by atoms with Crippen LogP contribution in [0.2, 0.25) is 0 Å². The molecule has 0 radical (unpaired) electrons. The highest BCUT2D eigenvalue weighted by molar-refractivity contribution is 5.46. The Kier molecular flexibility index (Phi) is 2.10. The van der Waals surface area contributed by atoms with Gasteiger partial charge in [-0.25, -0.2) is 0 Å². The quantitative estimate of drug-likeness (QED) is 0.686. The number of hydrogen-bond donors (Lipinski definition) is 1. The van der Waals surface area contributed by atoms with E-state index in [4.69, 9.17) is 5.73 Å². The summed E-state index contributed by atoms with van der Waals surface area (Å²) in [4.78, 5) is 0. The summed E-state index contributed by atoms with van der Waals surface area (Å²) in [6.45, 7) is 2.25. The second kappa shape index (κ2) is 3.34. The maximum Gasteiger partial charge on any atom is 0.0111 e. The smallest absolute Gasteiger partial charge is 0.0111 e. The Balaban J connectivity index is 2.20. The average molecular weight is 201 g/mol. The molecule has 2 aliphatic carbocycles. The van der Waals surface area contributed by atoms with Crippen molar-refractivity contribution in [2.45, 2.75) is 51.0 Å². The zero-order valence-electron chi connectivity index (χ0n) is 9.42. The Labute approximate surface area is 91.7 Å². The molecule has 3 rings (SSSR count). The van der Waals surface area contributed by atoms with E-state index >= 15 is 0 Å². The van der Waals surface area contributed by atoms with E-state index in [1.165, 1.54) is 37.7 Å². The first-order valence-corrected chi connectivity index (χ1v) is 6.14. The molecular formula is C14H19N. The van der Waals surface area contributed by atoms with Crippen LogP contribution in [0.1, 0.15) is 47.4 Å². The molecule has 2 unspecified atom stereocenters. The van der Waals surface area contributed by atoms with Gasteiger partial charge in [0, 0.05) is 6.04 Å². The van der Waals surface area contributed by atoms with E-state index in [1.807, 2.05) is 0 Å². The number of rotatable bonds is 0. The van der Waals surface area contributed by atoms with Crippen LogP contribution in [0.25, 0.3) is 0 Å². The lowest BCUT2D eigenvalue weighted by Gasteiger charge is -2.37. The van der Waals surface area contributed by atoms with Gasteiger partial charge in [-0.05, 0) is 67.2 Å². The predicted molar refractivity (Wildman–Crippen MR) is 63.2 cm³/mol. The van der Waals surface area contributed by atoms with E-state index in [0.29, 0.717) is 12.0 Å². The van der Waals surface area contributed by atoms with Crippen molar-refractivity contribution >= 4 is 0 Å². The summed E-state index contributed by atoms with van der Waals surface area (Å²) in [5, 5.41) is 0. The van der Waals surface area contributed by atoms with E-state index in [9.17, 15) is 0 Å². The summed E-state index contributed by atoms with van der Waals surface area (Å²) in [5.74, 6) is 0.664. The van der Waals surface area contributed by atoms with Gasteiger partial charge < -0.3 is 5.73 Å². The normalized spacial score (nSPS) is 28.7. The summed E-state index contributed by atoms with van der Waals surface area (Å²) >= 11 is 0. The first kappa shape index (κ1) is 9.41. The van der Waals surface area contributed by atoms with Gasteiger partial charge in [0.05, 0.1) is 0 Å². The first-order valence-electron chi connectivity index (χ1n) is 6.14. The lowest BCUT2D eigenvalue weighted by atomic mass is 9.70. The lowest BCUT2D eigenvalue weighted by Crippen LogP contribution is -2.35. The van der Waals surface area contributed by atoms with Crippen LogP contribution in [0.4, 0.5) is 0 Å². The van der Waals surface area contributed by atoms with Crippen molar-refractivity contribution in [2.75, 3.05) is 0 Å². The lowest BCUT2D eigenvalue weighted by molar-refractivity contribution is 0.416. The molecule has 15 heavy (non-hydrogen) atoms. The molecule has 1 heteroatoms. The largest absolute Gasteiger partial charge is 0.327 e. The van der Waals surface area contributed by atoms with Crippen LogP contribution in [-0.4, -0.2) is 6.04 Å². The minimum absolute atomic E-state index is 0.415. The topological polar surface area (TPSA) is 26.0 Å². The van der Waals surface area contributed by atoms with Crippen molar-refractivity contribution in [3.8, 4) is 0 Å². The van der Waals surface area contributed by atoms with E-state index in [1.54, 1.807) is 16.7 Å². The average Bonchev–Trinajstić information content (AvgIpc) is 2.27. The molecule has 80 valence electrons. The molecule has 2 N–H and O–H groups in total. The van der Waals surface area contributed by atoms with E-state index in [2.05, 4.69) is 19.1 Å². The monoisotopic (exact) mass is 201 g/mol. The Bertz CT molecular complexity index is 395. The highest BCUT2D eigenvalue weighted by Crippen LogP contribution is 2.41. The molecular weight excluding hydrogens is 182 g/mol. The molecule has 0 fully saturated rings. The van der Waals surface area contributed by atoms with E-state index < -0.39 is 0 Å². The van der Waals surface area contributed by atoms with Crippen molar-refractivity contribution in [3.63, 3.8) is 0 Å². The van der Waals surface area contributed by atoms with Gasteiger partial charge in [0.1, 0.15) is 0 Å². The van der Waals surface area contributed by atoms with E-state index in [-0.39, 0.29) is 0 Å². The predicted octanol–water partition coefficient (Wildman–Crippen LogP) is 2.69. The molecule has 0 saturated carbocycles. The van der Waals surface area contributed by atoms with Gasteiger partial charge >= 0.3 is 0 Å². The van der Waals surface area contributed by atoms with Gasteiger partial charge in [0.2, 0.25) is 0 Å². The van der Waals surface area contributed by atoms with Gasteiger partial charge in [0.15, 0.2) is 0 Å². The maximum atomic E-state index is 6.26. The van der Waals surface area contributed by atoms with Crippen molar-refractivity contribution in [2.24, 2.45) is 5.73 Å². The zero-order valence-corrected chi connectivity index (χ0v) is 9.42. The second-order valence-electron chi connectivity index (χ2n) is 5.14. The molecule has 0 bridgehead atoms. The molecule has 2 aliphatic rings. The summed E-state index contributed by atoms with van der Waals surface area (Å²) in [6.07, 6.45) is 6.29. The molecule has 0 aromatic heterocycles. The third-order valence-corrected chi connectivity index (χ3v) is 4.26. The van der Waals surface area contributed by atoms with Crippen molar-refractivity contribution in [3.05, 3.63) is 34.4 Å². The first-order chi connectivity index (χ1) is 7.27. The molecule has 1 nitrogen and oxygen atoms in total. The minimum Gasteiger partial charge on any atom is -0.327 e. The second-order valence-corrected chi connectivity index (χ2v) is 5.14. The number of aryl methyl sites for hydroxylation is 2. The summed E-state index contributed by atoms with van der Waals surface area (Å²) < 4.78 is 0. The minimum atomic E-state index is 0.415. The summed E-state index contributed by atoms with van der Waals surface area (Å²) in [7, 11) is 0. The third-order valence-electron chi connectivity index (χ3n) is 4.26. The summed E-state index contributed by atoms with van der Waals surface area (Å²) in [6, 6.07) is 5.05. The number of nitrogens with two attached hydrogens (primary N) is 1. The summed E-state index contributed by atoms with van der Waals surface area (Å²) in [5.41, 5.74) is 12.6. The van der Waals surface area contributed by atoms with Crippen LogP contribution in [0.15, 0.2) is 12.1 Å². The molecule has 0 amide bonds. The van der Waals surface area contributed by atoms with Crippen molar-refractivity contribution in [1.29, 1.82) is 0 Å². The highest BCUT2D eigenvalue weighted by atomic mass is 14.7. The standard InChI is InChI=1S/C14H19N/c1-9-5-6-10-7-8-13(15)12-4-2-3-11(9)14(10)12/h5-6,12-13H,2-4,7-8,15H2,1H3. The van der Waals surface area contributed by atoms with Crippen LogP contribution >= 0.6 is 0 Å². The van der Waals surface area contributed by atoms with E-state index in [0.717, 1.165) is 0 Å². The fourth-order valence-corrected chi connectivity index (χ4v) is 3.43. The van der Waals surface area contributed by atoms with Crippen molar-refractivity contribution in [1.82, 2.24) is 0 Å². The zero-order chi connectivity index (χ0) is 10.4. The molecule has 0 spiro atoms. The molecule has 0 aliphatic heterocycles. The molecule has 1 aromatic rings. The SMILES string of the molecule is Cc1ccc2c3c1CCCC3C(N)CC2. The molecule has 0 saturated heterocycles. The number of benzene rings is 1. The Morgan fingerprint density at radius 1 is 1.20 bits per heavy atom.